The van der Waals surface area contributed by atoms with E-state index in [1.54, 1.807) is 12.1 Å². The topological polar surface area (TPSA) is 50.3 Å². The van der Waals surface area contributed by atoms with Crippen LogP contribution in [0.4, 0.5) is 5.82 Å². The normalized spacial score (nSPS) is 16.5. The van der Waals surface area contributed by atoms with E-state index in [1.165, 1.54) is 6.20 Å². The average molecular weight is 211 g/mol. The molecule has 0 atom stereocenters. The predicted molar refractivity (Wildman–Crippen MR) is 51.0 cm³/mol. The Bertz CT molecular complexity index is 390. The van der Waals surface area contributed by atoms with Gasteiger partial charge in [-0.2, -0.15) is 0 Å². The summed E-state index contributed by atoms with van der Waals surface area (Å²) in [5.74, 6) is -0.243. The van der Waals surface area contributed by atoms with Crippen LogP contribution in [-0.4, -0.2) is 16.8 Å². The summed E-state index contributed by atoms with van der Waals surface area (Å²) < 4.78 is 0. The van der Waals surface area contributed by atoms with Crippen molar-refractivity contribution in [1.29, 1.82) is 0 Å². The molecular weight excluding hydrogens is 204 g/mol. The number of aromatic nitrogens is 1. The maximum Gasteiger partial charge on any atom is 0.235 e. The third-order valence-electron chi connectivity index (χ3n) is 2.00. The number of nitrogens with zero attached hydrogens (tertiary/aromatic N) is 2. The van der Waals surface area contributed by atoms with Gasteiger partial charge >= 0.3 is 0 Å². The number of pyridine rings is 1. The van der Waals surface area contributed by atoms with Gasteiger partial charge in [-0.1, -0.05) is 11.6 Å². The van der Waals surface area contributed by atoms with Gasteiger partial charge in [0.2, 0.25) is 11.8 Å². The Morgan fingerprint density at radius 3 is 2.50 bits per heavy atom. The minimum Gasteiger partial charge on any atom is -0.274 e. The van der Waals surface area contributed by atoms with E-state index in [4.69, 9.17) is 11.6 Å². The van der Waals surface area contributed by atoms with Crippen LogP contribution in [0.15, 0.2) is 18.3 Å². The third kappa shape index (κ3) is 1.37. The highest BCUT2D eigenvalue weighted by molar-refractivity contribution is 6.35. The Morgan fingerprint density at radius 1 is 1.29 bits per heavy atom. The van der Waals surface area contributed by atoms with Gasteiger partial charge in [-0.05, 0) is 12.1 Å². The fraction of sp³-hybridized carbons (Fsp3) is 0.222. The first-order valence-electron chi connectivity index (χ1n) is 4.16. The predicted octanol–water partition coefficient (Wildman–Crippen LogP) is 1.39. The van der Waals surface area contributed by atoms with Crippen molar-refractivity contribution in [2.45, 2.75) is 12.8 Å². The van der Waals surface area contributed by atoms with Crippen LogP contribution < -0.4 is 4.90 Å². The fourth-order valence-corrected chi connectivity index (χ4v) is 1.56. The van der Waals surface area contributed by atoms with Crippen LogP contribution in [0.1, 0.15) is 12.8 Å². The molecule has 5 heteroatoms. The van der Waals surface area contributed by atoms with E-state index in [1.807, 2.05) is 0 Å². The Hall–Kier alpha value is -1.42. The average Bonchev–Trinajstić information content (AvgIpc) is 2.48. The van der Waals surface area contributed by atoms with E-state index in [9.17, 15) is 9.59 Å². The van der Waals surface area contributed by atoms with E-state index < -0.39 is 0 Å². The summed E-state index contributed by atoms with van der Waals surface area (Å²) in [6.07, 6.45) is 1.98. The molecule has 0 aromatic carbocycles. The minimum absolute atomic E-state index is 0.238. The Kier molecular flexibility index (Phi) is 2.21. The first-order valence-corrected chi connectivity index (χ1v) is 4.54. The molecule has 2 amide bonds. The summed E-state index contributed by atoms with van der Waals surface area (Å²) in [5, 5.41) is 0.316. The molecule has 4 nitrogen and oxygen atoms in total. The highest BCUT2D eigenvalue weighted by Crippen LogP contribution is 2.26. The molecule has 0 N–H and O–H groups in total. The van der Waals surface area contributed by atoms with Crippen LogP contribution in [0.2, 0.25) is 5.02 Å². The van der Waals surface area contributed by atoms with Crippen LogP contribution in [0, 0.1) is 0 Å². The molecule has 0 unspecified atom stereocenters. The number of amides is 2. The summed E-state index contributed by atoms with van der Waals surface area (Å²) in [5.41, 5.74) is 0. The van der Waals surface area contributed by atoms with Crippen LogP contribution >= 0.6 is 11.6 Å². The molecule has 1 saturated heterocycles. The van der Waals surface area contributed by atoms with Crippen molar-refractivity contribution in [1.82, 2.24) is 4.98 Å². The molecule has 0 saturated carbocycles. The van der Waals surface area contributed by atoms with E-state index in [2.05, 4.69) is 4.98 Å². The van der Waals surface area contributed by atoms with Crippen molar-refractivity contribution < 1.29 is 9.59 Å². The lowest BCUT2D eigenvalue weighted by molar-refractivity contribution is -0.121. The number of carbonyl (C=O) groups is 2. The summed E-state index contributed by atoms with van der Waals surface area (Å²) in [6.45, 7) is 0. The Morgan fingerprint density at radius 2 is 1.93 bits per heavy atom. The van der Waals surface area contributed by atoms with Crippen molar-refractivity contribution in [3.63, 3.8) is 0 Å². The first-order chi connectivity index (χ1) is 6.70. The molecule has 2 rings (SSSR count). The molecule has 14 heavy (non-hydrogen) atoms. The molecule has 0 bridgehead atoms. The summed E-state index contributed by atoms with van der Waals surface area (Å²) in [7, 11) is 0. The van der Waals surface area contributed by atoms with Crippen molar-refractivity contribution in [3.05, 3.63) is 23.4 Å². The largest absolute Gasteiger partial charge is 0.274 e. The van der Waals surface area contributed by atoms with Crippen molar-refractivity contribution in [3.8, 4) is 0 Å². The molecule has 1 aromatic rings. The zero-order valence-corrected chi connectivity index (χ0v) is 7.99. The van der Waals surface area contributed by atoms with E-state index in [-0.39, 0.29) is 30.5 Å². The molecule has 1 aliphatic heterocycles. The van der Waals surface area contributed by atoms with Crippen molar-refractivity contribution in [2.24, 2.45) is 0 Å². The molecule has 72 valence electrons. The summed E-state index contributed by atoms with van der Waals surface area (Å²) >= 11 is 5.83. The maximum atomic E-state index is 11.3. The van der Waals surface area contributed by atoms with Gasteiger partial charge in [0.25, 0.3) is 0 Å². The van der Waals surface area contributed by atoms with E-state index in [0.717, 1.165) is 4.90 Å². The van der Waals surface area contributed by atoms with Crippen LogP contribution in [0.5, 0.6) is 0 Å². The quantitative estimate of drug-likeness (QED) is 0.659. The second kappa shape index (κ2) is 3.38. The Balaban J connectivity index is 2.44. The fourth-order valence-electron chi connectivity index (χ4n) is 1.35. The number of carbonyl (C=O) groups excluding carboxylic acids is 2. The van der Waals surface area contributed by atoms with Gasteiger partial charge in [0, 0.05) is 19.0 Å². The van der Waals surface area contributed by atoms with Gasteiger partial charge in [-0.25, -0.2) is 9.88 Å². The maximum absolute atomic E-state index is 11.3. The highest BCUT2D eigenvalue weighted by Gasteiger charge is 2.32. The van der Waals surface area contributed by atoms with E-state index in [0.29, 0.717) is 5.02 Å². The number of imide groups is 1. The summed E-state index contributed by atoms with van der Waals surface area (Å²) in [4.78, 5) is 27.6. The van der Waals surface area contributed by atoms with Crippen LogP contribution in [-0.2, 0) is 9.59 Å². The molecular formula is C9H7ClN2O2. The number of anilines is 1. The smallest absolute Gasteiger partial charge is 0.235 e. The number of hydrogen-bond acceptors (Lipinski definition) is 3. The summed E-state index contributed by atoms with van der Waals surface area (Å²) in [6, 6.07) is 3.25. The lowest BCUT2D eigenvalue weighted by Gasteiger charge is -2.13. The lowest BCUT2D eigenvalue weighted by Crippen LogP contribution is -2.29. The van der Waals surface area contributed by atoms with Gasteiger partial charge < -0.3 is 0 Å². The first kappa shape index (κ1) is 9.15. The van der Waals surface area contributed by atoms with Crippen LogP contribution in [0.25, 0.3) is 0 Å². The minimum atomic E-state index is -0.240. The standard InChI is InChI=1S/C9H7ClN2O2/c10-6-2-1-5-11-9(6)12-7(13)3-4-8(12)14/h1-2,5H,3-4H2. The SMILES string of the molecule is O=C1CCC(=O)N1c1ncccc1Cl. The number of halogens is 1. The van der Waals surface area contributed by atoms with Crippen molar-refractivity contribution >= 4 is 29.2 Å². The molecule has 2 heterocycles. The molecule has 0 radical (unpaired) electrons. The van der Waals surface area contributed by atoms with Gasteiger partial charge in [0.1, 0.15) is 0 Å². The number of hydrogen-bond donors (Lipinski definition) is 0. The van der Waals surface area contributed by atoms with Crippen LogP contribution in [0.3, 0.4) is 0 Å². The zero-order valence-electron chi connectivity index (χ0n) is 7.24. The molecule has 0 spiro atoms. The van der Waals surface area contributed by atoms with Gasteiger partial charge in [-0.3, -0.25) is 9.59 Å². The second-order valence-corrected chi connectivity index (χ2v) is 3.34. The lowest BCUT2D eigenvalue weighted by atomic mass is 10.4. The molecule has 0 aliphatic carbocycles. The molecule has 1 aromatic heterocycles. The Labute approximate surface area is 85.5 Å². The van der Waals surface area contributed by atoms with Gasteiger partial charge in [0.05, 0.1) is 5.02 Å². The highest BCUT2D eigenvalue weighted by atomic mass is 35.5. The molecule has 1 fully saturated rings. The number of rotatable bonds is 1. The van der Waals surface area contributed by atoms with Crippen molar-refractivity contribution in [2.75, 3.05) is 4.90 Å². The van der Waals surface area contributed by atoms with E-state index >= 15 is 0 Å². The van der Waals surface area contributed by atoms with Gasteiger partial charge in [0.15, 0.2) is 5.82 Å². The third-order valence-corrected chi connectivity index (χ3v) is 2.30. The molecule has 1 aliphatic rings. The monoisotopic (exact) mass is 210 g/mol. The second-order valence-electron chi connectivity index (χ2n) is 2.93. The zero-order chi connectivity index (χ0) is 10.1. The van der Waals surface area contributed by atoms with Gasteiger partial charge in [-0.15, -0.1) is 0 Å².